The lowest BCUT2D eigenvalue weighted by Crippen LogP contribution is -2.35. The van der Waals surface area contributed by atoms with E-state index < -0.39 is 6.04 Å². The van der Waals surface area contributed by atoms with Gasteiger partial charge in [0.2, 0.25) is 17.8 Å². The highest BCUT2D eigenvalue weighted by atomic mass is 16.5. The molecule has 0 radical (unpaired) electrons. The van der Waals surface area contributed by atoms with E-state index in [1.165, 1.54) is 7.11 Å². The quantitative estimate of drug-likeness (QED) is 0.740. The fourth-order valence-electron chi connectivity index (χ4n) is 3.23. The lowest BCUT2D eigenvalue weighted by molar-refractivity contribution is -0.124. The zero-order chi connectivity index (χ0) is 19.0. The van der Waals surface area contributed by atoms with Gasteiger partial charge in [-0.1, -0.05) is 12.1 Å². The summed E-state index contributed by atoms with van der Waals surface area (Å²) in [4.78, 5) is 29.6. The molecule has 0 saturated heterocycles. The second-order valence-electron chi connectivity index (χ2n) is 6.12. The van der Waals surface area contributed by atoms with Gasteiger partial charge in [0.05, 0.1) is 37.4 Å². The van der Waals surface area contributed by atoms with Crippen molar-refractivity contribution in [2.75, 3.05) is 24.9 Å². The van der Waals surface area contributed by atoms with Crippen LogP contribution in [0.4, 0.5) is 11.6 Å². The summed E-state index contributed by atoms with van der Waals surface area (Å²) in [5.74, 6) is 0.864. The third kappa shape index (κ3) is 2.95. The van der Waals surface area contributed by atoms with Crippen LogP contribution in [-0.4, -0.2) is 35.6 Å². The minimum atomic E-state index is -0.725. The van der Waals surface area contributed by atoms with Gasteiger partial charge in [0.1, 0.15) is 17.5 Å². The summed E-state index contributed by atoms with van der Waals surface area (Å²) in [5.41, 5.74) is 1.97. The summed E-state index contributed by atoms with van der Waals surface area (Å²) >= 11 is 0. The Bertz CT molecular complexity index is 1040. The molecule has 2 aromatic carbocycles. The van der Waals surface area contributed by atoms with Crippen LogP contribution in [0.15, 0.2) is 42.5 Å². The van der Waals surface area contributed by atoms with Crippen molar-refractivity contribution in [1.29, 1.82) is 0 Å². The number of benzene rings is 2. The monoisotopic (exact) mass is 366 g/mol. The maximum absolute atomic E-state index is 13.0. The van der Waals surface area contributed by atoms with Gasteiger partial charge in [-0.15, -0.1) is 0 Å². The first-order valence-electron chi connectivity index (χ1n) is 8.40. The average molecular weight is 366 g/mol. The molecule has 1 atom stereocenters. The fraction of sp³-hybridized carbons (Fsp3) is 0.211. The first kappa shape index (κ1) is 16.9. The van der Waals surface area contributed by atoms with E-state index in [0.29, 0.717) is 28.7 Å². The summed E-state index contributed by atoms with van der Waals surface area (Å²) < 4.78 is 12.3. The zero-order valence-electron chi connectivity index (χ0n) is 14.9. The number of imidazole rings is 1. The van der Waals surface area contributed by atoms with Crippen LogP contribution < -0.4 is 20.1 Å². The van der Waals surface area contributed by atoms with E-state index in [1.54, 1.807) is 29.9 Å². The van der Waals surface area contributed by atoms with Gasteiger partial charge in [-0.05, 0) is 24.3 Å². The van der Waals surface area contributed by atoms with Crippen LogP contribution in [0.5, 0.6) is 11.5 Å². The van der Waals surface area contributed by atoms with Crippen molar-refractivity contribution in [2.45, 2.75) is 12.5 Å². The molecule has 8 nitrogen and oxygen atoms in total. The Morgan fingerprint density at radius 1 is 1.22 bits per heavy atom. The second kappa shape index (κ2) is 6.64. The number of methoxy groups -OCH3 is 2. The highest BCUT2D eigenvalue weighted by Crippen LogP contribution is 2.33. The molecule has 1 aromatic heterocycles. The normalized spacial score (nSPS) is 15.8. The van der Waals surface area contributed by atoms with E-state index in [-0.39, 0.29) is 18.2 Å². The Morgan fingerprint density at radius 2 is 2.04 bits per heavy atom. The minimum absolute atomic E-state index is 0.0193. The molecule has 2 N–H and O–H groups in total. The van der Waals surface area contributed by atoms with Crippen LogP contribution in [0, 0.1) is 0 Å². The van der Waals surface area contributed by atoms with Crippen molar-refractivity contribution < 1.29 is 19.1 Å². The maximum Gasteiger partial charge on any atom is 0.248 e. The number of carbonyl (C=O) groups is 2. The van der Waals surface area contributed by atoms with Gasteiger partial charge in [-0.3, -0.25) is 19.5 Å². The van der Waals surface area contributed by atoms with Crippen molar-refractivity contribution >= 4 is 34.5 Å². The Balaban J connectivity index is 1.72. The number of nitrogens with zero attached hydrogens (tertiary/aromatic N) is 2. The van der Waals surface area contributed by atoms with Gasteiger partial charge in [0.25, 0.3) is 0 Å². The van der Waals surface area contributed by atoms with Crippen molar-refractivity contribution in [1.82, 2.24) is 9.55 Å². The number of para-hydroxylation sites is 2. The Kier molecular flexibility index (Phi) is 4.15. The van der Waals surface area contributed by atoms with E-state index in [9.17, 15) is 9.59 Å². The van der Waals surface area contributed by atoms with E-state index in [4.69, 9.17) is 9.47 Å². The lowest BCUT2D eigenvalue weighted by atomic mass is 10.1. The molecule has 0 saturated carbocycles. The largest absolute Gasteiger partial charge is 0.497 e. The van der Waals surface area contributed by atoms with Crippen molar-refractivity contribution in [3.8, 4) is 11.5 Å². The molecule has 0 aliphatic carbocycles. The van der Waals surface area contributed by atoms with Gasteiger partial charge in [-0.25, -0.2) is 4.98 Å². The minimum Gasteiger partial charge on any atom is -0.497 e. The molecule has 0 unspecified atom stereocenters. The number of amides is 2. The van der Waals surface area contributed by atoms with Crippen LogP contribution in [-0.2, 0) is 9.59 Å². The highest BCUT2D eigenvalue weighted by Gasteiger charge is 2.33. The molecular weight excluding hydrogens is 348 g/mol. The molecule has 138 valence electrons. The fourth-order valence-corrected chi connectivity index (χ4v) is 3.23. The highest BCUT2D eigenvalue weighted by molar-refractivity contribution is 6.03. The van der Waals surface area contributed by atoms with Gasteiger partial charge in [0, 0.05) is 6.07 Å². The molecule has 3 aromatic rings. The van der Waals surface area contributed by atoms with Crippen LogP contribution in [0.3, 0.4) is 0 Å². The van der Waals surface area contributed by atoms with Crippen LogP contribution in [0.25, 0.3) is 11.0 Å². The molecule has 8 heteroatoms. The number of rotatable bonds is 4. The lowest BCUT2D eigenvalue weighted by Gasteiger charge is -2.25. The maximum atomic E-state index is 13.0. The molecule has 4 rings (SSSR count). The third-order valence-electron chi connectivity index (χ3n) is 4.50. The number of nitrogens with one attached hydrogen (secondary N) is 2. The van der Waals surface area contributed by atoms with Crippen molar-refractivity contribution in [3.05, 3.63) is 42.5 Å². The predicted octanol–water partition coefficient (Wildman–Crippen LogP) is 2.58. The van der Waals surface area contributed by atoms with Gasteiger partial charge >= 0.3 is 0 Å². The number of anilines is 2. The summed E-state index contributed by atoms with van der Waals surface area (Å²) in [6, 6.07) is 11.8. The molecule has 2 amide bonds. The van der Waals surface area contributed by atoms with Gasteiger partial charge in [-0.2, -0.15) is 0 Å². The molecule has 2 heterocycles. The standard InChI is InChI=1S/C19H18N4O4/c1-26-11-7-8-16(27-2)13(9-11)20-18(25)15-10-17(24)22-19-21-12-5-3-4-6-14(12)23(15)19/h3-9,15H,10H2,1-2H3,(H,20,25)(H,21,22,24)/t15-/m1/s1. The van der Waals surface area contributed by atoms with E-state index in [1.807, 2.05) is 24.3 Å². The predicted molar refractivity (Wildman–Crippen MR) is 100 cm³/mol. The van der Waals surface area contributed by atoms with Crippen LogP contribution in [0.2, 0.25) is 0 Å². The van der Waals surface area contributed by atoms with Gasteiger partial charge in [0.15, 0.2) is 0 Å². The topological polar surface area (TPSA) is 94.5 Å². The SMILES string of the molecule is COc1ccc(OC)c(NC(=O)[C@H]2CC(=O)Nc3nc4ccccc4n32)c1. The number of fused-ring (bicyclic) bond motifs is 3. The Hall–Kier alpha value is -3.55. The number of ether oxygens (including phenoxy) is 2. The first-order valence-corrected chi connectivity index (χ1v) is 8.40. The van der Waals surface area contributed by atoms with Crippen molar-refractivity contribution in [3.63, 3.8) is 0 Å². The zero-order valence-corrected chi connectivity index (χ0v) is 14.9. The van der Waals surface area contributed by atoms with E-state index in [2.05, 4.69) is 15.6 Å². The molecular formula is C19H18N4O4. The molecule has 27 heavy (non-hydrogen) atoms. The number of hydrogen-bond donors (Lipinski definition) is 2. The first-order chi connectivity index (χ1) is 13.1. The number of aromatic nitrogens is 2. The van der Waals surface area contributed by atoms with Crippen molar-refractivity contribution in [2.24, 2.45) is 0 Å². The van der Waals surface area contributed by atoms with E-state index >= 15 is 0 Å². The summed E-state index contributed by atoms with van der Waals surface area (Å²) in [6.45, 7) is 0. The summed E-state index contributed by atoms with van der Waals surface area (Å²) in [6.07, 6.45) is 0.0193. The molecule has 0 spiro atoms. The van der Waals surface area contributed by atoms with Gasteiger partial charge < -0.3 is 14.8 Å². The molecule has 1 aliphatic heterocycles. The number of hydrogen-bond acceptors (Lipinski definition) is 5. The molecule has 0 fully saturated rings. The summed E-state index contributed by atoms with van der Waals surface area (Å²) in [7, 11) is 3.07. The van der Waals surface area contributed by atoms with Crippen LogP contribution in [0.1, 0.15) is 12.5 Å². The molecule has 0 bridgehead atoms. The Morgan fingerprint density at radius 3 is 2.81 bits per heavy atom. The third-order valence-corrected chi connectivity index (χ3v) is 4.50. The summed E-state index contributed by atoms with van der Waals surface area (Å²) in [5, 5.41) is 5.58. The second-order valence-corrected chi connectivity index (χ2v) is 6.12. The number of carbonyl (C=O) groups excluding carboxylic acids is 2. The Labute approximate surface area is 155 Å². The van der Waals surface area contributed by atoms with Crippen LogP contribution >= 0.6 is 0 Å². The smallest absolute Gasteiger partial charge is 0.248 e. The average Bonchev–Trinajstić information content (AvgIpc) is 3.05. The molecule has 1 aliphatic rings. The van der Waals surface area contributed by atoms with E-state index in [0.717, 1.165) is 5.52 Å².